The van der Waals surface area contributed by atoms with E-state index in [0.29, 0.717) is 13.0 Å². The molecule has 0 heterocycles. The molecule has 1 rings (SSSR count). The molecule has 0 bridgehead atoms. The van der Waals surface area contributed by atoms with Gasteiger partial charge in [0.15, 0.2) is 0 Å². The maximum Gasteiger partial charge on any atom is 0.407 e. The third kappa shape index (κ3) is 6.79. The molecule has 0 fully saturated rings. The second-order valence-corrected chi connectivity index (χ2v) is 5.70. The monoisotopic (exact) mass is 293 g/mol. The first-order valence-corrected chi connectivity index (χ1v) is 6.92. The van der Waals surface area contributed by atoms with Crippen LogP contribution in [0, 0.1) is 0 Å². The second kappa shape index (κ2) is 7.67. The summed E-state index contributed by atoms with van der Waals surface area (Å²) in [6, 6.07) is 7.61. The van der Waals surface area contributed by atoms with Gasteiger partial charge >= 0.3 is 12.1 Å². The van der Waals surface area contributed by atoms with Crippen LogP contribution in [0.4, 0.5) is 4.79 Å². The van der Waals surface area contributed by atoms with E-state index in [-0.39, 0.29) is 12.4 Å². The van der Waals surface area contributed by atoms with Crippen LogP contribution in [0.3, 0.4) is 0 Å². The lowest BCUT2D eigenvalue weighted by Gasteiger charge is -2.19. The van der Waals surface area contributed by atoms with Crippen LogP contribution in [-0.4, -0.2) is 31.3 Å². The molecule has 0 aliphatic carbocycles. The summed E-state index contributed by atoms with van der Waals surface area (Å²) < 4.78 is 9.84. The topological polar surface area (TPSA) is 64.6 Å². The molecule has 0 aliphatic rings. The SMILES string of the molecule is COC(=O)Cc1ccccc1CCNC(=O)OC(C)(C)C. The number of nitrogens with one attached hydrogen (secondary N) is 1. The number of methoxy groups -OCH3 is 1. The van der Waals surface area contributed by atoms with Gasteiger partial charge in [0.25, 0.3) is 0 Å². The third-order valence-corrected chi connectivity index (χ3v) is 2.74. The molecule has 0 saturated carbocycles. The number of alkyl carbamates (subject to hydrolysis) is 1. The summed E-state index contributed by atoms with van der Waals surface area (Å²) in [5, 5.41) is 2.70. The van der Waals surface area contributed by atoms with Gasteiger partial charge in [-0.15, -0.1) is 0 Å². The molecule has 116 valence electrons. The first kappa shape index (κ1) is 17.0. The molecule has 21 heavy (non-hydrogen) atoms. The molecule has 1 aromatic carbocycles. The molecule has 0 spiro atoms. The summed E-state index contributed by atoms with van der Waals surface area (Å²) in [6.07, 6.45) is 0.430. The molecule has 0 aromatic heterocycles. The molecule has 5 heteroatoms. The first-order valence-electron chi connectivity index (χ1n) is 6.92. The Bertz CT molecular complexity index is 491. The normalized spacial score (nSPS) is 10.9. The van der Waals surface area contributed by atoms with E-state index in [1.165, 1.54) is 7.11 Å². The zero-order valence-corrected chi connectivity index (χ0v) is 13.1. The predicted molar refractivity (Wildman–Crippen MR) is 80.1 cm³/mol. The summed E-state index contributed by atoms with van der Waals surface area (Å²) in [4.78, 5) is 22.9. The van der Waals surface area contributed by atoms with Gasteiger partial charge in [-0.25, -0.2) is 4.79 Å². The van der Waals surface area contributed by atoms with Crippen molar-refractivity contribution in [3.05, 3.63) is 35.4 Å². The molecule has 0 saturated heterocycles. The minimum atomic E-state index is -0.507. The van der Waals surface area contributed by atoms with Gasteiger partial charge < -0.3 is 14.8 Å². The van der Waals surface area contributed by atoms with E-state index >= 15 is 0 Å². The highest BCUT2D eigenvalue weighted by Gasteiger charge is 2.15. The minimum absolute atomic E-state index is 0.235. The summed E-state index contributed by atoms with van der Waals surface area (Å²) in [7, 11) is 1.37. The lowest BCUT2D eigenvalue weighted by Crippen LogP contribution is -2.33. The van der Waals surface area contributed by atoms with Gasteiger partial charge in [-0.1, -0.05) is 24.3 Å². The van der Waals surface area contributed by atoms with Crippen molar-refractivity contribution in [2.24, 2.45) is 0 Å². The highest BCUT2D eigenvalue weighted by atomic mass is 16.6. The number of hydrogen-bond acceptors (Lipinski definition) is 4. The van der Waals surface area contributed by atoms with Gasteiger partial charge in [0.2, 0.25) is 0 Å². The fraction of sp³-hybridized carbons (Fsp3) is 0.500. The van der Waals surface area contributed by atoms with E-state index < -0.39 is 11.7 Å². The zero-order valence-electron chi connectivity index (χ0n) is 13.1. The second-order valence-electron chi connectivity index (χ2n) is 5.70. The van der Waals surface area contributed by atoms with Gasteiger partial charge in [0, 0.05) is 6.54 Å². The van der Waals surface area contributed by atoms with Gasteiger partial charge in [0.05, 0.1) is 13.5 Å². The molecule has 5 nitrogen and oxygen atoms in total. The van der Waals surface area contributed by atoms with Crippen LogP contribution in [0.2, 0.25) is 0 Å². The van der Waals surface area contributed by atoms with Crippen molar-refractivity contribution in [1.82, 2.24) is 5.32 Å². The molecule has 1 N–H and O–H groups in total. The summed E-state index contributed by atoms with van der Waals surface area (Å²) >= 11 is 0. The van der Waals surface area contributed by atoms with Gasteiger partial charge in [-0.3, -0.25) is 4.79 Å². The Morgan fingerprint density at radius 2 is 1.76 bits per heavy atom. The van der Waals surface area contributed by atoms with Crippen molar-refractivity contribution >= 4 is 12.1 Å². The van der Waals surface area contributed by atoms with Crippen LogP contribution in [0.15, 0.2) is 24.3 Å². The Hall–Kier alpha value is -2.04. The zero-order chi connectivity index (χ0) is 15.9. The molecule has 0 aliphatic heterocycles. The van der Waals surface area contributed by atoms with Crippen molar-refractivity contribution < 1.29 is 19.1 Å². The van der Waals surface area contributed by atoms with Crippen LogP contribution in [-0.2, 0) is 27.1 Å². The number of amides is 1. The molecule has 0 radical (unpaired) electrons. The smallest absolute Gasteiger partial charge is 0.407 e. The van der Waals surface area contributed by atoms with Crippen LogP contribution in [0.1, 0.15) is 31.9 Å². The van der Waals surface area contributed by atoms with Crippen LogP contribution in [0.25, 0.3) is 0 Å². The van der Waals surface area contributed by atoms with E-state index in [0.717, 1.165) is 11.1 Å². The number of rotatable bonds is 5. The average Bonchev–Trinajstić information content (AvgIpc) is 2.38. The molecule has 1 aromatic rings. The number of hydrogen-bond donors (Lipinski definition) is 1. The third-order valence-electron chi connectivity index (χ3n) is 2.74. The van der Waals surface area contributed by atoms with E-state index in [2.05, 4.69) is 10.1 Å². The van der Waals surface area contributed by atoms with Crippen molar-refractivity contribution in [1.29, 1.82) is 0 Å². The summed E-state index contributed by atoms with van der Waals surface area (Å²) in [5.74, 6) is -0.275. The van der Waals surface area contributed by atoms with Crippen molar-refractivity contribution in [3.63, 3.8) is 0 Å². The first-order chi connectivity index (χ1) is 9.81. The van der Waals surface area contributed by atoms with Crippen LogP contribution >= 0.6 is 0 Å². The Labute approximate surface area is 125 Å². The Kier molecular flexibility index (Phi) is 6.21. The maximum absolute atomic E-state index is 11.6. The molecular formula is C16H23NO4. The summed E-state index contributed by atoms with van der Waals surface area (Å²) in [5.41, 5.74) is 1.42. The Morgan fingerprint density at radius 3 is 2.33 bits per heavy atom. The highest BCUT2D eigenvalue weighted by molar-refractivity contribution is 5.73. The fourth-order valence-electron chi connectivity index (χ4n) is 1.81. The molecular weight excluding hydrogens is 270 g/mol. The Morgan fingerprint density at radius 1 is 1.14 bits per heavy atom. The number of carbonyl (C=O) groups excluding carboxylic acids is 2. The van der Waals surface area contributed by atoms with Crippen molar-refractivity contribution in [2.45, 2.75) is 39.2 Å². The van der Waals surface area contributed by atoms with E-state index in [4.69, 9.17) is 4.74 Å². The van der Waals surface area contributed by atoms with E-state index in [1.54, 1.807) is 0 Å². The fourth-order valence-corrected chi connectivity index (χ4v) is 1.81. The van der Waals surface area contributed by atoms with Crippen LogP contribution < -0.4 is 5.32 Å². The van der Waals surface area contributed by atoms with Gasteiger partial charge in [-0.05, 0) is 38.3 Å². The molecule has 0 unspecified atom stereocenters. The number of ether oxygens (including phenoxy) is 2. The number of esters is 1. The lowest BCUT2D eigenvalue weighted by atomic mass is 10.0. The number of benzene rings is 1. The highest BCUT2D eigenvalue weighted by Crippen LogP contribution is 2.11. The minimum Gasteiger partial charge on any atom is -0.469 e. The average molecular weight is 293 g/mol. The van der Waals surface area contributed by atoms with Crippen LogP contribution in [0.5, 0.6) is 0 Å². The standard InChI is InChI=1S/C16H23NO4/c1-16(2,3)21-15(19)17-10-9-12-7-5-6-8-13(12)11-14(18)20-4/h5-8H,9-11H2,1-4H3,(H,17,19). The maximum atomic E-state index is 11.6. The van der Waals surface area contributed by atoms with Crippen molar-refractivity contribution in [2.75, 3.05) is 13.7 Å². The summed E-state index contributed by atoms with van der Waals surface area (Å²) in [6.45, 7) is 5.90. The van der Waals surface area contributed by atoms with E-state index in [1.807, 2.05) is 45.0 Å². The predicted octanol–water partition coefficient (Wildman–Crippen LogP) is 2.47. The van der Waals surface area contributed by atoms with Gasteiger partial charge in [0.1, 0.15) is 5.60 Å². The molecule has 0 atom stereocenters. The van der Waals surface area contributed by atoms with E-state index in [9.17, 15) is 9.59 Å². The van der Waals surface area contributed by atoms with Crippen molar-refractivity contribution in [3.8, 4) is 0 Å². The van der Waals surface area contributed by atoms with Gasteiger partial charge in [-0.2, -0.15) is 0 Å². The number of carbonyl (C=O) groups is 2. The Balaban J connectivity index is 2.52. The quantitative estimate of drug-likeness (QED) is 0.847. The largest absolute Gasteiger partial charge is 0.469 e. The lowest BCUT2D eigenvalue weighted by molar-refractivity contribution is -0.139. The molecule has 1 amide bonds.